The molecule has 3 heterocycles. The minimum atomic E-state index is -0.380. The second-order valence-corrected chi connectivity index (χ2v) is 6.37. The highest BCUT2D eigenvalue weighted by Crippen LogP contribution is 2.34. The van der Waals surface area contributed by atoms with Crippen molar-refractivity contribution in [3.63, 3.8) is 0 Å². The molecular weight excluding hydrogens is 288 g/mol. The fourth-order valence-corrected chi connectivity index (χ4v) is 3.79. The van der Waals surface area contributed by atoms with Crippen LogP contribution in [-0.4, -0.2) is 34.0 Å². The van der Waals surface area contributed by atoms with Crippen LogP contribution in [0.3, 0.4) is 0 Å². The van der Waals surface area contributed by atoms with Crippen molar-refractivity contribution >= 4 is 17.2 Å². The Morgan fingerprint density at radius 1 is 1.62 bits per heavy atom. The van der Waals surface area contributed by atoms with E-state index in [1.54, 1.807) is 24.5 Å². The number of aryl methyl sites for hydroxylation is 1. The Morgan fingerprint density at radius 2 is 2.48 bits per heavy atom. The molecule has 0 spiro atoms. The fraction of sp³-hybridized carbons (Fsp3) is 0.500. The lowest BCUT2D eigenvalue weighted by atomic mass is 9.99. The van der Waals surface area contributed by atoms with E-state index in [-0.39, 0.29) is 11.4 Å². The van der Waals surface area contributed by atoms with Gasteiger partial charge in [0.25, 0.3) is 0 Å². The minimum Gasteiger partial charge on any atom is -0.364 e. The average molecular weight is 306 g/mol. The summed E-state index contributed by atoms with van der Waals surface area (Å²) in [5.41, 5.74) is 1.52. The fourth-order valence-electron chi connectivity index (χ4n) is 2.81. The molecule has 1 N–H and O–H groups in total. The van der Waals surface area contributed by atoms with Gasteiger partial charge in [0, 0.05) is 43.7 Å². The molecule has 2 aromatic rings. The van der Waals surface area contributed by atoms with Crippen LogP contribution in [0, 0.1) is 6.92 Å². The van der Waals surface area contributed by atoms with Crippen LogP contribution in [0.4, 0.5) is 0 Å². The SMILES string of the molecule is CC(=O)NC1(c2nc(C)cs2)CCN(Cc2ccon2)C1. The van der Waals surface area contributed by atoms with Gasteiger partial charge in [-0.2, -0.15) is 0 Å². The summed E-state index contributed by atoms with van der Waals surface area (Å²) in [6.45, 7) is 5.90. The van der Waals surface area contributed by atoms with Gasteiger partial charge in [0.2, 0.25) is 5.91 Å². The molecule has 1 amide bonds. The highest BCUT2D eigenvalue weighted by atomic mass is 32.1. The lowest BCUT2D eigenvalue weighted by molar-refractivity contribution is -0.120. The van der Waals surface area contributed by atoms with E-state index in [2.05, 4.69) is 20.4 Å². The summed E-state index contributed by atoms with van der Waals surface area (Å²) in [5.74, 6) is -0.0221. The van der Waals surface area contributed by atoms with Gasteiger partial charge in [0.15, 0.2) is 0 Å². The molecule has 0 aliphatic carbocycles. The number of rotatable bonds is 4. The summed E-state index contributed by atoms with van der Waals surface area (Å²) < 4.78 is 4.87. The zero-order chi connectivity index (χ0) is 14.9. The van der Waals surface area contributed by atoms with E-state index in [1.165, 1.54) is 0 Å². The molecule has 1 aliphatic heterocycles. The molecule has 1 fully saturated rings. The quantitative estimate of drug-likeness (QED) is 0.930. The van der Waals surface area contributed by atoms with Crippen molar-refractivity contribution in [2.75, 3.05) is 13.1 Å². The van der Waals surface area contributed by atoms with Gasteiger partial charge < -0.3 is 9.84 Å². The smallest absolute Gasteiger partial charge is 0.217 e. The van der Waals surface area contributed by atoms with Gasteiger partial charge in [-0.25, -0.2) is 4.98 Å². The molecule has 1 saturated heterocycles. The van der Waals surface area contributed by atoms with E-state index in [0.717, 1.165) is 42.5 Å². The average Bonchev–Trinajstić information content (AvgIpc) is 3.12. The normalized spacial score (nSPS) is 22.6. The second kappa shape index (κ2) is 5.57. The maximum absolute atomic E-state index is 11.6. The summed E-state index contributed by atoms with van der Waals surface area (Å²) in [6, 6.07) is 1.87. The van der Waals surface area contributed by atoms with E-state index in [4.69, 9.17) is 4.52 Å². The van der Waals surface area contributed by atoms with Gasteiger partial charge in [-0.3, -0.25) is 9.69 Å². The van der Waals surface area contributed by atoms with Gasteiger partial charge in [-0.05, 0) is 13.3 Å². The Bertz CT molecular complexity index is 625. The number of likely N-dealkylation sites (tertiary alicyclic amines) is 1. The van der Waals surface area contributed by atoms with E-state index in [1.807, 2.05) is 18.4 Å². The molecule has 0 bridgehead atoms. The van der Waals surface area contributed by atoms with Gasteiger partial charge in [0.1, 0.15) is 16.8 Å². The first-order chi connectivity index (χ1) is 10.1. The highest BCUT2D eigenvalue weighted by Gasteiger charge is 2.42. The van der Waals surface area contributed by atoms with Crippen molar-refractivity contribution in [3.05, 3.63) is 34.1 Å². The zero-order valence-electron chi connectivity index (χ0n) is 12.1. The van der Waals surface area contributed by atoms with Crippen molar-refractivity contribution in [1.82, 2.24) is 20.4 Å². The number of thiazole rings is 1. The van der Waals surface area contributed by atoms with Crippen molar-refractivity contribution in [2.45, 2.75) is 32.4 Å². The second-order valence-electron chi connectivity index (χ2n) is 5.51. The summed E-state index contributed by atoms with van der Waals surface area (Å²) >= 11 is 1.61. The van der Waals surface area contributed by atoms with Crippen molar-refractivity contribution in [1.29, 1.82) is 0 Å². The van der Waals surface area contributed by atoms with Gasteiger partial charge in [-0.15, -0.1) is 11.3 Å². The third kappa shape index (κ3) is 2.98. The van der Waals surface area contributed by atoms with Gasteiger partial charge in [-0.1, -0.05) is 5.16 Å². The number of hydrogen-bond donors (Lipinski definition) is 1. The third-order valence-corrected chi connectivity index (χ3v) is 4.83. The molecule has 7 heteroatoms. The van der Waals surface area contributed by atoms with Crippen LogP contribution < -0.4 is 5.32 Å². The number of nitrogens with one attached hydrogen (secondary N) is 1. The van der Waals surface area contributed by atoms with Gasteiger partial charge in [0.05, 0.1) is 5.69 Å². The lowest BCUT2D eigenvalue weighted by Crippen LogP contribution is -2.47. The Labute approximate surface area is 127 Å². The Kier molecular flexibility index (Phi) is 3.77. The number of aromatic nitrogens is 2. The first kappa shape index (κ1) is 14.2. The topological polar surface area (TPSA) is 71.3 Å². The molecule has 1 atom stereocenters. The van der Waals surface area contributed by atoms with Crippen LogP contribution in [0.5, 0.6) is 0 Å². The van der Waals surface area contributed by atoms with Crippen molar-refractivity contribution in [3.8, 4) is 0 Å². The molecule has 3 rings (SSSR count). The summed E-state index contributed by atoms with van der Waals surface area (Å²) in [6.07, 6.45) is 2.44. The largest absolute Gasteiger partial charge is 0.364 e. The molecule has 0 radical (unpaired) electrons. The molecule has 112 valence electrons. The molecule has 2 aromatic heterocycles. The molecule has 0 saturated carbocycles. The summed E-state index contributed by atoms with van der Waals surface area (Å²) in [7, 11) is 0. The zero-order valence-corrected chi connectivity index (χ0v) is 12.9. The first-order valence-corrected chi connectivity index (χ1v) is 7.78. The van der Waals surface area contributed by atoms with Crippen LogP contribution >= 0.6 is 11.3 Å². The maximum atomic E-state index is 11.6. The molecule has 1 unspecified atom stereocenters. The highest BCUT2D eigenvalue weighted by molar-refractivity contribution is 7.09. The molecular formula is C14H18N4O2S. The number of amides is 1. The Balaban J connectivity index is 1.80. The number of nitrogens with zero attached hydrogens (tertiary/aromatic N) is 3. The lowest BCUT2D eigenvalue weighted by Gasteiger charge is -2.28. The van der Waals surface area contributed by atoms with E-state index in [0.29, 0.717) is 0 Å². The van der Waals surface area contributed by atoms with E-state index >= 15 is 0 Å². The minimum absolute atomic E-state index is 0.0221. The predicted octanol–water partition coefficient (Wildman–Crippen LogP) is 1.68. The van der Waals surface area contributed by atoms with Crippen LogP contribution in [0.2, 0.25) is 0 Å². The van der Waals surface area contributed by atoms with Crippen LogP contribution in [-0.2, 0) is 16.9 Å². The number of carbonyl (C=O) groups excluding carboxylic acids is 1. The summed E-state index contributed by atoms with van der Waals surface area (Å²) in [5, 5.41) is 10.1. The van der Waals surface area contributed by atoms with Crippen molar-refractivity contribution in [2.24, 2.45) is 0 Å². The Hall–Kier alpha value is -1.73. The standard InChI is InChI=1S/C14H18N4O2S/c1-10-8-21-13(15-10)14(16-11(2)19)4-5-18(9-14)7-12-3-6-20-17-12/h3,6,8H,4-5,7,9H2,1-2H3,(H,16,19). The maximum Gasteiger partial charge on any atom is 0.217 e. The van der Waals surface area contributed by atoms with Crippen LogP contribution in [0.1, 0.15) is 29.7 Å². The number of hydrogen-bond acceptors (Lipinski definition) is 6. The van der Waals surface area contributed by atoms with E-state index in [9.17, 15) is 4.79 Å². The molecule has 0 aromatic carbocycles. The third-order valence-electron chi connectivity index (χ3n) is 3.67. The predicted molar refractivity (Wildman–Crippen MR) is 78.7 cm³/mol. The molecule has 1 aliphatic rings. The van der Waals surface area contributed by atoms with Gasteiger partial charge >= 0.3 is 0 Å². The number of carbonyl (C=O) groups is 1. The molecule has 6 nitrogen and oxygen atoms in total. The van der Waals surface area contributed by atoms with Crippen LogP contribution in [0.15, 0.2) is 22.2 Å². The van der Waals surface area contributed by atoms with Crippen molar-refractivity contribution < 1.29 is 9.32 Å². The van der Waals surface area contributed by atoms with Crippen LogP contribution in [0.25, 0.3) is 0 Å². The monoisotopic (exact) mass is 306 g/mol. The molecule has 21 heavy (non-hydrogen) atoms. The van der Waals surface area contributed by atoms with E-state index < -0.39 is 0 Å². The summed E-state index contributed by atoms with van der Waals surface area (Å²) in [4.78, 5) is 18.5. The Morgan fingerprint density at radius 3 is 3.10 bits per heavy atom. The first-order valence-electron chi connectivity index (χ1n) is 6.90.